The van der Waals surface area contributed by atoms with Crippen LogP contribution >= 0.6 is 0 Å². The molecule has 0 bridgehead atoms. The first kappa shape index (κ1) is 23.6. The van der Waals surface area contributed by atoms with Crippen LogP contribution in [0.3, 0.4) is 0 Å². The highest BCUT2D eigenvalue weighted by Crippen LogP contribution is 2.35. The lowest BCUT2D eigenvalue weighted by atomic mass is 10.1. The molecule has 0 aliphatic carbocycles. The van der Waals surface area contributed by atoms with E-state index in [1.807, 2.05) is 60.7 Å². The number of esters is 1. The zero-order valence-electron chi connectivity index (χ0n) is 19.2. The molecule has 0 fully saturated rings. The van der Waals surface area contributed by atoms with Gasteiger partial charge in [0, 0.05) is 17.4 Å². The first-order valence-electron chi connectivity index (χ1n) is 11.3. The van der Waals surface area contributed by atoms with Crippen molar-refractivity contribution in [2.45, 2.75) is 19.4 Å². The molecule has 35 heavy (non-hydrogen) atoms. The summed E-state index contributed by atoms with van der Waals surface area (Å²) >= 11 is 0. The zero-order chi connectivity index (χ0) is 24.6. The third kappa shape index (κ3) is 5.89. The Bertz CT molecular complexity index is 1350. The van der Waals surface area contributed by atoms with Crippen LogP contribution in [0.15, 0.2) is 101 Å². The number of fused-ring (bicyclic) bond motifs is 1. The van der Waals surface area contributed by atoms with Gasteiger partial charge in [-0.05, 0) is 48.2 Å². The number of benzene rings is 4. The van der Waals surface area contributed by atoms with E-state index in [2.05, 4.69) is 15.5 Å². The van der Waals surface area contributed by atoms with Gasteiger partial charge in [0.2, 0.25) is 0 Å². The molecule has 0 aliphatic heterocycles. The van der Waals surface area contributed by atoms with Gasteiger partial charge in [-0.1, -0.05) is 60.7 Å². The number of nitrogens with one attached hydrogen (secondary N) is 1. The molecular weight excluding hydrogens is 442 g/mol. The SMILES string of the molecule is CCOC(=O)C(Cc1ccccc1)NC(=O)c1ccc(N=Nc2c(O)ccc3ccccc23)cc1. The number of hydrogen-bond donors (Lipinski definition) is 2. The molecule has 0 saturated carbocycles. The van der Waals surface area contributed by atoms with Crippen LogP contribution in [0.5, 0.6) is 5.75 Å². The Hall–Kier alpha value is -4.52. The number of phenols is 1. The monoisotopic (exact) mass is 467 g/mol. The van der Waals surface area contributed by atoms with Crippen LogP contribution in [0.4, 0.5) is 11.4 Å². The second kappa shape index (κ2) is 11.1. The molecule has 1 atom stereocenters. The summed E-state index contributed by atoms with van der Waals surface area (Å²) < 4.78 is 5.14. The van der Waals surface area contributed by atoms with Gasteiger partial charge in [0.25, 0.3) is 5.91 Å². The van der Waals surface area contributed by atoms with E-state index in [1.54, 1.807) is 37.3 Å². The second-order valence-electron chi connectivity index (χ2n) is 7.87. The van der Waals surface area contributed by atoms with Crippen LogP contribution < -0.4 is 5.32 Å². The van der Waals surface area contributed by atoms with E-state index in [4.69, 9.17) is 4.74 Å². The fourth-order valence-electron chi connectivity index (χ4n) is 3.66. The summed E-state index contributed by atoms with van der Waals surface area (Å²) in [5, 5.41) is 23.2. The number of nitrogens with zero attached hydrogens (tertiary/aromatic N) is 2. The lowest BCUT2D eigenvalue weighted by Gasteiger charge is -2.17. The van der Waals surface area contributed by atoms with Crippen molar-refractivity contribution in [3.63, 3.8) is 0 Å². The van der Waals surface area contributed by atoms with Crippen LogP contribution in [0.1, 0.15) is 22.8 Å². The van der Waals surface area contributed by atoms with Crippen molar-refractivity contribution in [2.75, 3.05) is 6.61 Å². The molecule has 4 aromatic carbocycles. The Morgan fingerprint density at radius 3 is 2.34 bits per heavy atom. The van der Waals surface area contributed by atoms with Crippen molar-refractivity contribution in [1.29, 1.82) is 0 Å². The molecule has 7 heteroatoms. The van der Waals surface area contributed by atoms with Gasteiger partial charge in [-0.25, -0.2) is 4.79 Å². The maximum Gasteiger partial charge on any atom is 0.328 e. The molecule has 2 N–H and O–H groups in total. The highest BCUT2D eigenvalue weighted by Gasteiger charge is 2.23. The molecule has 0 spiro atoms. The highest BCUT2D eigenvalue weighted by atomic mass is 16.5. The quantitative estimate of drug-likeness (QED) is 0.250. The second-order valence-corrected chi connectivity index (χ2v) is 7.87. The summed E-state index contributed by atoms with van der Waals surface area (Å²) in [4.78, 5) is 25.3. The van der Waals surface area contributed by atoms with E-state index < -0.39 is 17.9 Å². The minimum Gasteiger partial charge on any atom is -0.506 e. The summed E-state index contributed by atoms with van der Waals surface area (Å²) in [5.74, 6) is -0.842. The Labute approximate surface area is 203 Å². The van der Waals surface area contributed by atoms with E-state index in [9.17, 15) is 14.7 Å². The Morgan fingerprint density at radius 2 is 1.60 bits per heavy atom. The number of aromatic hydroxyl groups is 1. The molecule has 4 aromatic rings. The van der Waals surface area contributed by atoms with Gasteiger partial charge < -0.3 is 15.2 Å². The Kier molecular flexibility index (Phi) is 7.47. The van der Waals surface area contributed by atoms with Gasteiger partial charge >= 0.3 is 5.97 Å². The normalized spacial score (nSPS) is 11.9. The number of carbonyl (C=O) groups excluding carboxylic acids is 2. The number of phenolic OH excluding ortho intramolecular Hbond substituents is 1. The average molecular weight is 468 g/mol. The Morgan fingerprint density at radius 1 is 0.886 bits per heavy atom. The average Bonchev–Trinajstić information content (AvgIpc) is 2.89. The standard InChI is InChI=1S/C28H25N3O4/c1-2-35-28(34)24(18-19-8-4-3-5-9-19)29-27(33)21-12-15-22(16-13-21)30-31-26-23-11-7-6-10-20(23)14-17-25(26)32/h3-17,24,32H,2,18H2,1H3,(H,29,33). The van der Waals surface area contributed by atoms with E-state index >= 15 is 0 Å². The van der Waals surface area contributed by atoms with E-state index in [0.29, 0.717) is 23.4 Å². The minimum absolute atomic E-state index is 0.0341. The number of hydrogen-bond acceptors (Lipinski definition) is 6. The molecule has 1 amide bonds. The summed E-state index contributed by atoms with van der Waals surface area (Å²) in [7, 11) is 0. The molecule has 0 saturated heterocycles. The van der Waals surface area contributed by atoms with Crippen molar-refractivity contribution < 1.29 is 19.4 Å². The number of rotatable bonds is 8. The smallest absolute Gasteiger partial charge is 0.328 e. The number of ether oxygens (including phenoxy) is 1. The molecule has 7 nitrogen and oxygen atoms in total. The number of carbonyl (C=O) groups is 2. The Balaban J connectivity index is 1.48. The van der Waals surface area contributed by atoms with Gasteiger partial charge in [-0.2, -0.15) is 5.11 Å². The predicted molar refractivity (Wildman–Crippen MR) is 134 cm³/mol. The van der Waals surface area contributed by atoms with Gasteiger partial charge in [-0.15, -0.1) is 5.11 Å². The lowest BCUT2D eigenvalue weighted by molar-refractivity contribution is -0.145. The van der Waals surface area contributed by atoms with Crippen molar-refractivity contribution in [1.82, 2.24) is 5.32 Å². The van der Waals surface area contributed by atoms with Gasteiger partial charge in [0.05, 0.1) is 12.3 Å². The fraction of sp³-hybridized carbons (Fsp3) is 0.143. The lowest BCUT2D eigenvalue weighted by Crippen LogP contribution is -2.43. The summed E-state index contributed by atoms with van der Waals surface area (Å²) in [6, 6.07) is 26.1. The topological polar surface area (TPSA) is 100 Å². The van der Waals surface area contributed by atoms with Crippen molar-refractivity contribution in [3.8, 4) is 5.75 Å². The summed E-state index contributed by atoms with van der Waals surface area (Å²) in [5.41, 5.74) is 2.18. The molecule has 0 aromatic heterocycles. The van der Waals surface area contributed by atoms with Crippen LogP contribution in [0, 0.1) is 0 Å². The third-order valence-corrected chi connectivity index (χ3v) is 5.43. The zero-order valence-corrected chi connectivity index (χ0v) is 19.2. The van der Waals surface area contributed by atoms with E-state index in [1.165, 1.54) is 0 Å². The van der Waals surface area contributed by atoms with Crippen LogP contribution in [-0.4, -0.2) is 29.6 Å². The van der Waals surface area contributed by atoms with Crippen molar-refractivity contribution in [2.24, 2.45) is 10.2 Å². The summed E-state index contributed by atoms with van der Waals surface area (Å²) in [6.45, 7) is 1.95. The van der Waals surface area contributed by atoms with Crippen molar-refractivity contribution in [3.05, 3.63) is 102 Å². The molecule has 4 rings (SSSR count). The van der Waals surface area contributed by atoms with Crippen LogP contribution in [-0.2, 0) is 16.0 Å². The van der Waals surface area contributed by atoms with Gasteiger partial charge in [0.1, 0.15) is 17.5 Å². The molecule has 0 aliphatic rings. The first-order chi connectivity index (χ1) is 17.0. The van der Waals surface area contributed by atoms with E-state index in [-0.39, 0.29) is 12.4 Å². The van der Waals surface area contributed by atoms with Crippen LogP contribution in [0.2, 0.25) is 0 Å². The third-order valence-electron chi connectivity index (χ3n) is 5.43. The van der Waals surface area contributed by atoms with Crippen LogP contribution in [0.25, 0.3) is 10.8 Å². The molecule has 1 unspecified atom stereocenters. The highest BCUT2D eigenvalue weighted by molar-refractivity contribution is 5.97. The maximum atomic E-state index is 12.8. The molecule has 176 valence electrons. The molecular formula is C28H25N3O4. The van der Waals surface area contributed by atoms with Gasteiger partial charge in [-0.3, -0.25) is 4.79 Å². The first-order valence-corrected chi connectivity index (χ1v) is 11.3. The molecule has 0 radical (unpaired) electrons. The largest absolute Gasteiger partial charge is 0.506 e. The summed E-state index contributed by atoms with van der Waals surface area (Å²) in [6.07, 6.45) is 0.326. The minimum atomic E-state index is -0.807. The molecule has 0 heterocycles. The fourth-order valence-corrected chi connectivity index (χ4v) is 3.66. The predicted octanol–water partition coefficient (Wildman–Crippen LogP) is 5.87. The van der Waals surface area contributed by atoms with Crippen molar-refractivity contribution >= 4 is 34.0 Å². The number of amides is 1. The van der Waals surface area contributed by atoms with E-state index in [0.717, 1.165) is 16.3 Å². The maximum absolute atomic E-state index is 12.8. The number of azo groups is 1. The van der Waals surface area contributed by atoms with Gasteiger partial charge in [0.15, 0.2) is 0 Å².